The molecule has 0 unspecified atom stereocenters. The van der Waals surface area contributed by atoms with E-state index in [-0.39, 0.29) is 18.4 Å². The Labute approximate surface area is 158 Å². The van der Waals surface area contributed by atoms with E-state index < -0.39 is 0 Å². The lowest BCUT2D eigenvalue weighted by Crippen LogP contribution is -2.33. The third kappa shape index (κ3) is 4.47. The molecule has 3 N–H and O–H groups in total. The second-order valence-electron chi connectivity index (χ2n) is 6.25. The second-order valence-corrected chi connectivity index (χ2v) is 6.25. The Morgan fingerprint density at radius 1 is 1.07 bits per heavy atom. The Bertz CT molecular complexity index is 948. The van der Waals surface area contributed by atoms with E-state index in [0.717, 1.165) is 16.6 Å². The van der Waals surface area contributed by atoms with E-state index in [9.17, 15) is 9.59 Å². The van der Waals surface area contributed by atoms with Gasteiger partial charge in [0.05, 0.1) is 6.54 Å². The zero-order chi connectivity index (χ0) is 19.2. The van der Waals surface area contributed by atoms with E-state index in [0.29, 0.717) is 24.3 Å². The molecule has 6 heteroatoms. The van der Waals surface area contributed by atoms with Crippen molar-refractivity contribution in [3.8, 4) is 0 Å². The molecule has 0 bridgehead atoms. The molecule has 3 rings (SSSR count). The number of anilines is 2. The Morgan fingerprint density at radius 2 is 1.93 bits per heavy atom. The van der Waals surface area contributed by atoms with Crippen LogP contribution in [0.2, 0.25) is 0 Å². The standard InChI is InChI=1S/C21H24N4O2/c1-3-22-21(27)16-6-5-7-17(12-16)24-20(26)14-25(4-2)18-8-9-19-15(13-18)10-11-23-19/h5-13,23H,3-4,14H2,1-2H3,(H,22,27)(H,24,26). The highest BCUT2D eigenvalue weighted by Gasteiger charge is 2.12. The first-order valence-corrected chi connectivity index (χ1v) is 9.11. The first-order valence-electron chi connectivity index (χ1n) is 9.11. The van der Waals surface area contributed by atoms with Gasteiger partial charge in [0.1, 0.15) is 0 Å². The molecule has 0 saturated carbocycles. The molecule has 0 aliphatic carbocycles. The summed E-state index contributed by atoms with van der Waals surface area (Å²) in [7, 11) is 0. The maximum absolute atomic E-state index is 12.5. The van der Waals surface area contributed by atoms with Crippen LogP contribution >= 0.6 is 0 Å². The number of aromatic nitrogens is 1. The number of likely N-dealkylation sites (N-methyl/N-ethyl adjacent to an activating group) is 1. The van der Waals surface area contributed by atoms with Gasteiger partial charge in [-0.2, -0.15) is 0 Å². The van der Waals surface area contributed by atoms with Gasteiger partial charge in [0.15, 0.2) is 0 Å². The minimum absolute atomic E-state index is 0.126. The molecule has 2 aromatic carbocycles. The molecular weight excluding hydrogens is 340 g/mol. The average molecular weight is 364 g/mol. The average Bonchev–Trinajstić information content (AvgIpc) is 3.14. The molecule has 1 aromatic heterocycles. The van der Waals surface area contributed by atoms with Gasteiger partial charge in [-0.25, -0.2) is 0 Å². The van der Waals surface area contributed by atoms with Gasteiger partial charge in [-0.15, -0.1) is 0 Å². The van der Waals surface area contributed by atoms with Gasteiger partial charge in [0.2, 0.25) is 5.91 Å². The fraction of sp³-hybridized carbons (Fsp3) is 0.238. The summed E-state index contributed by atoms with van der Waals surface area (Å²) in [6.07, 6.45) is 1.90. The van der Waals surface area contributed by atoms with Crippen molar-refractivity contribution >= 4 is 34.1 Å². The minimum atomic E-state index is -0.149. The minimum Gasteiger partial charge on any atom is -0.362 e. The zero-order valence-electron chi connectivity index (χ0n) is 15.6. The Morgan fingerprint density at radius 3 is 2.70 bits per heavy atom. The Balaban J connectivity index is 1.68. The summed E-state index contributed by atoms with van der Waals surface area (Å²) >= 11 is 0. The number of hydrogen-bond acceptors (Lipinski definition) is 3. The van der Waals surface area contributed by atoms with Gasteiger partial charge in [-0.1, -0.05) is 6.07 Å². The van der Waals surface area contributed by atoms with Crippen LogP contribution in [-0.2, 0) is 4.79 Å². The quantitative estimate of drug-likeness (QED) is 0.601. The van der Waals surface area contributed by atoms with Crippen molar-refractivity contribution in [3.63, 3.8) is 0 Å². The molecule has 2 amide bonds. The number of carbonyl (C=O) groups excluding carboxylic acids is 2. The summed E-state index contributed by atoms with van der Waals surface area (Å²) in [5.74, 6) is -0.275. The van der Waals surface area contributed by atoms with Crippen LogP contribution in [0.15, 0.2) is 54.7 Å². The number of nitrogens with one attached hydrogen (secondary N) is 3. The van der Waals surface area contributed by atoms with Crippen LogP contribution < -0.4 is 15.5 Å². The van der Waals surface area contributed by atoms with Crippen molar-refractivity contribution in [2.75, 3.05) is 29.9 Å². The fourth-order valence-corrected chi connectivity index (χ4v) is 3.00. The molecule has 1 heterocycles. The highest BCUT2D eigenvalue weighted by atomic mass is 16.2. The van der Waals surface area contributed by atoms with E-state index in [1.807, 2.05) is 43.1 Å². The van der Waals surface area contributed by atoms with Crippen LogP contribution in [-0.4, -0.2) is 36.4 Å². The number of benzene rings is 2. The normalized spacial score (nSPS) is 10.6. The zero-order valence-corrected chi connectivity index (χ0v) is 15.6. The molecule has 0 fully saturated rings. The van der Waals surface area contributed by atoms with Crippen LogP contribution in [0.1, 0.15) is 24.2 Å². The van der Waals surface area contributed by atoms with Gasteiger partial charge in [-0.3, -0.25) is 9.59 Å². The highest BCUT2D eigenvalue weighted by Crippen LogP contribution is 2.21. The van der Waals surface area contributed by atoms with Gasteiger partial charge < -0.3 is 20.5 Å². The highest BCUT2D eigenvalue weighted by molar-refractivity contribution is 5.98. The number of rotatable bonds is 7. The SMILES string of the molecule is CCNC(=O)c1cccc(NC(=O)CN(CC)c2ccc3[nH]ccc3c2)c1. The van der Waals surface area contributed by atoms with E-state index in [1.165, 1.54) is 0 Å². The number of hydrogen-bond donors (Lipinski definition) is 3. The van der Waals surface area contributed by atoms with Crippen molar-refractivity contribution < 1.29 is 9.59 Å². The topological polar surface area (TPSA) is 77.2 Å². The van der Waals surface area contributed by atoms with Crippen LogP contribution in [0.4, 0.5) is 11.4 Å². The summed E-state index contributed by atoms with van der Waals surface area (Å²) in [6, 6.07) is 15.1. The first-order chi connectivity index (χ1) is 13.1. The monoisotopic (exact) mass is 364 g/mol. The first kappa shape index (κ1) is 18.5. The molecule has 3 aromatic rings. The van der Waals surface area contributed by atoms with Gasteiger partial charge in [-0.05, 0) is 56.3 Å². The van der Waals surface area contributed by atoms with Crippen LogP contribution in [0.3, 0.4) is 0 Å². The molecule has 0 spiro atoms. The van der Waals surface area contributed by atoms with Crippen LogP contribution in [0.25, 0.3) is 10.9 Å². The maximum Gasteiger partial charge on any atom is 0.251 e. The van der Waals surface area contributed by atoms with Gasteiger partial charge >= 0.3 is 0 Å². The number of carbonyl (C=O) groups is 2. The molecule has 0 atom stereocenters. The Kier molecular flexibility index (Phi) is 5.76. The molecule has 140 valence electrons. The fourth-order valence-electron chi connectivity index (χ4n) is 3.00. The lowest BCUT2D eigenvalue weighted by Gasteiger charge is -2.22. The van der Waals surface area contributed by atoms with Crippen molar-refractivity contribution in [1.82, 2.24) is 10.3 Å². The summed E-state index contributed by atoms with van der Waals surface area (Å²) in [4.78, 5) is 29.6. The van der Waals surface area contributed by atoms with Crippen molar-refractivity contribution in [3.05, 3.63) is 60.3 Å². The van der Waals surface area contributed by atoms with Crippen LogP contribution in [0, 0.1) is 0 Å². The van der Waals surface area contributed by atoms with Crippen molar-refractivity contribution in [2.24, 2.45) is 0 Å². The third-order valence-electron chi connectivity index (χ3n) is 4.36. The summed E-state index contributed by atoms with van der Waals surface area (Å²) in [5, 5.41) is 6.75. The predicted octanol–water partition coefficient (Wildman–Crippen LogP) is 3.38. The summed E-state index contributed by atoms with van der Waals surface area (Å²) in [6.45, 7) is 5.39. The number of aromatic amines is 1. The van der Waals surface area contributed by atoms with Crippen molar-refractivity contribution in [1.29, 1.82) is 0 Å². The smallest absolute Gasteiger partial charge is 0.251 e. The third-order valence-corrected chi connectivity index (χ3v) is 4.36. The lowest BCUT2D eigenvalue weighted by molar-refractivity contribution is -0.115. The van der Waals surface area contributed by atoms with E-state index in [4.69, 9.17) is 0 Å². The molecular formula is C21H24N4O2. The molecule has 27 heavy (non-hydrogen) atoms. The molecule has 0 aliphatic heterocycles. The van der Waals surface area contributed by atoms with Crippen molar-refractivity contribution in [2.45, 2.75) is 13.8 Å². The number of H-pyrrole nitrogens is 1. The van der Waals surface area contributed by atoms with Gasteiger partial charge in [0.25, 0.3) is 5.91 Å². The molecule has 0 radical (unpaired) electrons. The number of fused-ring (bicyclic) bond motifs is 1. The van der Waals surface area contributed by atoms with Gasteiger partial charge in [0, 0.05) is 47.1 Å². The van der Waals surface area contributed by atoms with Crippen LogP contribution in [0.5, 0.6) is 0 Å². The predicted molar refractivity (Wildman–Crippen MR) is 109 cm³/mol. The number of amides is 2. The molecule has 6 nitrogen and oxygen atoms in total. The summed E-state index contributed by atoms with van der Waals surface area (Å²) in [5.41, 5.74) is 3.21. The lowest BCUT2D eigenvalue weighted by atomic mass is 10.2. The maximum atomic E-state index is 12.5. The van der Waals surface area contributed by atoms with E-state index >= 15 is 0 Å². The van der Waals surface area contributed by atoms with E-state index in [2.05, 4.69) is 21.7 Å². The largest absolute Gasteiger partial charge is 0.362 e. The number of nitrogens with zero attached hydrogens (tertiary/aromatic N) is 1. The second kappa shape index (κ2) is 8.40. The van der Waals surface area contributed by atoms with E-state index in [1.54, 1.807) is 24.3 Å². The Hall–Kier alpha value is -3.28. The summed E-state index contributed by atoms with van der Waals surface area (Å²) < 4.78 is 0. The molecule has 0 saturated heterocycles. The molecule has 0 aliphatic rings.